The second-order valence-corrected chi connectivity index (χ2v) is 9.22. The summed E-state index contributed by atoms with van der Waals surface area (Å²) in [6.07, 6.45) is 1.88. The number of aromatic nitrogens is 2. The number of nitrogens with zero attached hydrogens (tertiary/aromatic N) is 4. The van der Waals surface area contributed by atoms with Crippen LogP contribution in [0.2, 0.25) is 0 Å². The van der Waals surface area contributed by atoms with Gasteiger partial charge in [-0.2, -0.15) is 5.10 Å². The van der Waals surface area contributed by atoms with Crippen LogP contribution in [0.3, 0.4) is 0 Å². The second kappa shape index (κ2) is 10.2. The van der Waals surface area contributed by atoms with Gasteiger partial charge in [0.1, 0.15) is 0 Å². The highest BCUT2D eigenvalue weighted by molar-refractivity contribution is 5.63. The highest BCUT2D eigenvalue weighted by Gasteiger charge is 2.15. The van der Waals surface area contributed by atoms with E-state index in [0.29, 0.717) is 0 Å². The number of anilines is 1. The van der Waals surface area contributed by atoms with Gasteiger partial charge >= 0.3 is 0 Å². The molecule has 1 aliphatic heterocycles. The number of rotatable bonds is 7. The molecule has 1 fully saturated rings. The van der Waals surface area contributed by atoms with E-state index in [-0.39, 0.29) is 0 Å². The zero-order chi connectivity index (χ0) is 23.3. The van der Waals surface area contributed by atoms with Crippen molar-refractivity contribution in [1.82, 2.24) is 20.0 Å². The summed E-state index contributed by atoms with van der Waals surface area (Å²) in [4.78, 5) is 4.84. The van der Waals surface area contributed by atoms with E-state index in [1.165, 1.54) is 27.9 Å². The van der Waals surface area contributed by atoms with Gasteiger partial charge in [0.05, 0.1) is 17.6 Å². The van der Waals surface area contributed by atoms with E-state index < -0.39 is 0 Å². The summed E-state index contributed by atoms with van der Waals surface area (Å²) in [6, 6.07) is 28.3. The van der Waals surface area contributed by atoms with E-state index >= 15 is 0 Å². The molecule has 0 spiro atoms. The fourth-order valence-corrected chi connectivity index (χ4v) is 4.49. The summed E-state index contributed by atoms with van der Waals surface area (Å²) in [5, 5.41) is 8.20. The standard InChI is InChI=1S/C29H33N5/c1-23-6-8-24(9-7-23)21-30-22-25-4-3-5-26(20-25)29-14-15-31-34(29)28-12-10-27(11-13-28)33-18-16-32(2)17-19-33/h3-15,20,30H,16-19,21-22H2,1-2H3. The second-order valence-electron chi connectivity index (χ2n) is 9.22. The van der Waals surface area contributed by atoms with Crippen LogP contribution < -0.4 is 10.2 Å². The van der Waals surface area contributed by atoms with Gasteiger partial charge < -0.3 is 15.1 Å². The van der Waals surface area contributed by atoms with Gasteiger partial charge in [0, 0.05) is 50.5 Å². The normalized spacial score (nSPS) is 14.5. The number of piperazine rings is 1. The van der Waals surface area contributed by atoms with E-state index in [0.717, 1.165) is 50.6 Å². The third-order valence-corrected chi connectivity index (χ3v) is 6.61. The van der Waals surface area contributed by atoms with Crippen LogP contribution in [-0.2, 0) is 13.1 Å². The molecule has 3 aromatic carbocycles. The topological polar surface area (TPSA) is 36.3 Å². The predicted molar refractivity (Wildman–Crippen MR) is 140 cm³/mol. The number of benzene rings is 3. The number of likely N-dealkylation sites (N-methyl/N-ethyl adjacent to an activating group) is 1. The first kappa shape index (κ1) is 22.4. The van der Waals surface area contributed by atoms with Crippen LogP contribution in [0.4, 0.5) is 5.69 Å². The van der Waals surface area contributed by atoms with Crippen LogP contribution in [0.5, 0.6) is 0 Å². The minimum atomic E-state index is 0.829. The van der Waals surface area contributed by atoms with Crippen LogP contribution in [0.15, 0.2) is 85.1 Å². The smallest absolute Gasteiger partial charge is 0.0741 e. The number of hydrogen-bond acceptors (Lipinski definition) is 4. The molecule has 174 valence electrons. The van der Waals surface area contributed by atoms with Gasteiger partial charge in [-0.15, -0.1) is 0 Å². The molecular weight excluding hydrogens is 418 g/mol. The van der Waals surface area contributed by atoms with Crippen molar-refractivity contribution in [2.45, 2.75) is 20.0 Å². The third-order valence-electron chi connectivity index (χ3n) is 6.61. The van der Waals surface area contributed by atoms with E-state index in [9.17, 15) is 0 Å². The highest BCUT2D eigenvalue weighted by atomic mass is 15.3. The van der Waals surface area contributed by atoms with Crippen LogP contribution in [0.25, 0.3) is 16.9 Å². The van der Waals surface area contributed by atoms with Crippen molar-refractivity contribution >= 4 is 5.69 Å². The maximum atomic E-state index is 4.63. The van der Waals surface area contributed by atoms with Gasteiger partial charge in [-0.1, -0.05) is 48.0 Å². The molecule has 0 unspecified atom stereocenters. The van der Waals surface area contributed by atoms with E-state index in [2.05, 4.69) is 113 Å². The lowest BCUT2D eigenvalue weighted by Gasteiger charge is -2.34. The van der Waals surface area contributed by atoms with Crippen molar-refractivity contribution in [1.29, 1.82) is 0 Å². The maximum absolute atomic E-state index is 4.63. The summed E-state index contributed by atoms with van der Waals surface area (Å²) in [5.74, 6) is 0. The SMILES string of the molecule is Cc1ccc(CNCc2cccc(-c3ccnn3-c3ccc(N4CCN(C)CC4)cc3)c2)cc1. The molecule has 34 heavy (non-hydrogen) atoms. The van der Waals surface area contributed by atoms with Gasteiger partial charge in [-0.05, 0) is 61.5 Å². The summed E-state index contributed by atoms with van der Waals surface area (Å²) in [5.41, 5.74) is 8.51. The molecule has 1 aliphatic rings. The number of hydrogen-bond donors (Lipinski definition) is 1. The molecule has 5 heteroatoms. The van der Waals surface area contributed by atoms with E-state index in [4.69, 9.17) is 0 Å². The Balaban J connectivity index is 1.27. The molecule has 1 aromatic heterocycles. The van der Waals surface area contributed by atoms with Gasteiger partial charge in [0.15, 0.2) is 0 Å². The summed E-state index contributed by atoms with van der Waals surface area (Å²) >= 11 is 0. The Kier molecular flexibility index (Phi) is 6.74. The van der Waals surface area contributed by atoms with Crippen molar-refractivity contribution < 1.29 is 0 Å². The van der Waals surface area contributed by atoms with Gasteiger partial charge in [0.25, 0.3) is 0 Å². The van der Waals surface area contributed by atoms with Crippen molar-refractivity contribution in [3.05, 3.63) is 102 Å². The average Bonchev–Trinajstić information content (AvgIpc) is 3.36. The zero-order valence-corrected chi connectivity index (χ0v) is 20.1. The number of aryl methyl sites for hydroxylation is 1. The van der Waals surface area contributed by atoms with Crippen LogP contribution in [-0.4, -0.2) is 47.9 Å². The molecule has 0 saturated carbocycles. The summed E-state index contributed by atoms with van der Waals surface area (Å²) < 4.78 is 2.03. The van der Waals surface area contributed by atoms with Crippen molar-refractivity contribution in [2.24, 2.45) is 0 Å². The maximum Gasteiger partial charge on any atom is 0.0741 e. The summed E-state index contributed by atoms with van der Waals surface area (Å²) in [7, 11) is 2.19. The molecular formula is C29H33N5. The molecule has 0 bridgehead atoms. The first-order chi connectivity index (χ1) is 16.7. The van der Waals surface area contributed by atoms with Gasteiger partial charge in [0.2, 0.25) is 0 Å². The molecule has 1 N–H and O–H groups in total. The Hall–Kier alpha value is -3.41. The Morgan fingerprint density at radius 2 is 1.47 bits per heavy atom. The van der Waals surface area contributed by atoms with Crippen molar-refractivity contribution in [2.75, 3.05) is 38.1 Å². The monoisotopic (exact) mass is 451 g/mol. The van der Waals surface area contributed by atoms with Crippen molar-refractivity contribution in [3.8, 4) is 16.9 Å². The van der Waals surface area contributed by atoms with Crippen LogP contribution in [0.1, 0.15) is 16.7 Å². The molecule has 0 atom stereocenters. The third kappa shape index (κ3) is 5.22. The molecule has 1 saturated heterocycles. The highest BCUT2D eigenvalue weighted by Crippen LogP contribution is 2.25. The van der Waals surface area contributed by atoms with Crippen LogP contribution >= 0.6 is 0 Å². The largest absolute Gasteiger partial charge is 0.369 e. The Bertz CT molecular complexity index is 1200. The lowest BCUT2D eigenvalue weighted by atomic mass is 10.1. The molecule has 5 nitrogen and oxygen atoms in total. The van der Waals surface area contributed by atoms with Gasteiger partial charge in [-0.25, -0.2) is 4.68 Å². The van der Waals surface area contributed by atoms with Crippen LogP contribution in [0, 0.1) is 6.92 Å². The number of nitrogens with one attached hydrogen (secondary N) is 1. The fourth-order valence-electron chi connectivity index (χ4n) is 4.49. The molecule has 5 rings (SSSR count). The van der Waals surface area contributed by atoms with Gasteiger partial charge in [-0.3, -0.25) is 0 Å². The predicted octanol–water partition coefficient (Wildman–Crippen LogP) is 4.89. The first-order valence-electron chi connectivity index (χ1n) is 12.1. The minimum absolute atomic E-state index is 0.829. The fraction of sp³-hybridized carbons (Fsp3) is 0.276. The molecule has 2 heterocycles. The first-order valence-corrected chi connectivity index (χ1v) is 12.1. The lowest BCUT2D eigenvalue weighted by Crippen LogP contribution is -2.44. The Morgan fingerprint density at radius 3 is 2.24 bits per heavy atom. The average molecular weight is 452 g/mol. The zero-order valence-electron chi connectivity index (χ0n) is 20.1. The summed E-state index contributed by atoms with van der Waals surface area (Å²) in [6.45, 7) is 8.19. The van der Waals surface area contributed by atoms with E-state index in [1.54, 1.807) is 0 Å². The molecule has 0 radical (unpaired) electrons. The van der Waals surface area contributed by atoms with E-state index in [1.807, 2.05) is 10.9 Å². The molecule has 0 aliphatic carbocycles. The Labute approximate surface area is 202 Å². The Morgan fingerprint density at radius 1 is 0.765 bits per heavy atom. The molecule has 4 aromatic rings. The lowest BCUT2D eigenvalue weighted by molar-refractivity contribution is 0.313. The van der Waals surface area contributed by atoms with Crippen molar-refractivity contribution in [3.63, 3.8) is 0 Å². The quantitative estimate of drug-likeness (QED) is 0.434. The minimum Gasteiger partial charge on any atom is -0.369 e. The molecule has 0 amide bonds.